The fourth-order valence-corrected chi connectivity index (χ4v) is 1.22. The second-order valence-electron chi connectivity index (χ2n) is 3.85. The van der Waals surface area contributed by atoms with Crippen LogP contribution in [0.4, 0.5) is 4.39 Å². The summed E-state index contributed by atoms with van der Waals surface area (Å²) in [7, 11) is 1.50. The number of hydrogen-bond donors (Lipinski definition) is 1. The van der Waals surface area contributed by atoms with E-state index in [2.05, 4.69) is 5.32 Å². The third-order valence-corrected chi connectivity index (χ3v) is 2.04. The van der Waals surface area contributed by atoms with Crippen LogP contribution in [0.2, 0.25) is 0 Å². The smallest absolute Gasteiger partial charge is 0.188 e. The van der Waals surface area contributed by atoms with Crippen LogP contribution in [0.5, 0.6) is 5.75 Å². The normalized spacial score (nSPS) is 10.8. The van der Waals surface area contributed by atoms with E-state index in [1.807, 2.05) is 19.9 Å². The first kappa shape index (κ1) is 12.9. The Balaban J connectivity index is 2.59. The Kier molecular flexibility index (Phi) is 5.22. The molecule has 1 aromatic rings. The second-order valence-corrected chi connectivity index (χ2v) is 3.85. The molecule has 16 heavy (non-hydrogen) atoms. The van der Waals surface area contributed by atoms with Crippen LogP contribution in [0.15, 0.2) is 18.2 Å². The lowest BCUT2D eigenvalue weighted by Crippen LogP contribution is -2.21. The molecule has 1 rings (SSSR count). The summed E-state index contributed by atoms with van der Waals surface area (Å²) in [5.41, 5.74) is 0.899. The highest BCUT2D eigenvalue weighted by molar-refractivity contribution is 5.29. The average Bonchev–Trinajstić information content (AvgIpc) is 2.25. The molecule has 0 fully saturated rings. The predicted octanol–water partition coefficient (Wildman–Crippen LogP) is 2.31. The molecule has 0 saturated heterocycles. The van der Waals surface area contributed by atoms with Crippen LogP contribution < -0.4 is 10.1 Å². The molecular formula is C12H18FNO2. The molecule has 0 aliphatic heterocycles. The van der Waals surface area contributed by atoms with E-state index in [1.165, 1.54) is 13.2 Å². The fourth-order valence-electron chi connectivity index (χ4n) is 1.22. The van der Waals surface area contributed by atoms with Gasteiger partial charge in [0.1, 0.15) is 0 Å². The van der Waals surface area contributed by atoms with Crippen molar-refractivity contribution in [1.29, 1.82) is 0 Å². The number of benzene rings is 1. The molecule has 0 aromatic heterocycles. The zero-order chi connectivity index (χ0) is 12.0. The molecule has 0 heterocycles. The van der Waals surface area contributed by atoms with Crippen LogP contribution in [0.1, 0.15) is 19.4 Å². The van der Waals surface area contributed by atoms with Gasteiger partial charge >= 0.3 is 0 Å². The van der Waals surface area contributed by atoms with Gasteiger partial charge < -0.3 is 14.8 Å². The van der Waals surface area contributed by atoms with Crippen molar-refractivity contribution in [2.75, 3.05) is 13.9 Å². The molecule has 1 aromatic carbocycles. The van der Waals surface area contributed by atoms with Crippen LogP contribution >= 0.6 is 0 Å². The van der Waals surface area contributed by atoms with Gasteiger partial charge in [-0.2, -0.15) is 0 Å². The van der Waals surface area contributed by atoms with Crippen LogP contribution in [-0.2, 0) is 11.3 Å². The van der Waals surface area contributed by atoms with E-state index in [4.69, 9.17) is 9.47 Å². The van der Waals surface area contributed by atoms with E-state index in [9.17, 15) is 4.39 Å². The lowest BCUT2D eigenvalue weighted by molar-refractivity contribution is 0.0483. The van der Waals surface area contributed by atoms with Crippen LogP contribution in [0.25, 0.3) is 0 Å². The molecule has 0 unspecified atom stereocenters. The number of rotatable bonds is 6. The second kappa shape index (κ2) is 6.45. The quantitative estimate of drug-likeness (QED) is 0.756. The lowest BCUT2D eigenvalue weighted by Gasteiger charge is -2.10. The van der Waals surface area contributed by atoms with Gasteiger partial charge in [0.15, 0.2) is 18.4 Å². The average molecular weight is 227 g/mol. The molecule has 1 N–H and O–H groups in total. The van der Waals surface area contributed by atoms with Crippen LogP contribution in [0.3, 0.4) is 0 Å². The van der Waals surface area contributed by atoms with Gasteiger partial charge in [0.25, 0.3) is 0 Å². The molecular weight excluding hydrogens is 209 g/mol. The summed E-state index contributed by atoms with van der Waals surface area (Å²) in [5, 5.41) is 3.22. The fraction of sp³-hybridized carbons (Fsp3) is 0.500. The largest absolute Gasteiger partial charge is 0.464 e. The molecule has 0 spiro atoms. The van der Waals surface area contributed by atoms with Gasteiger partial charge in [0.05, 0.1) is 0 Å². The molecule has 4 heteroatoms. The van der Waals surface area contributed by atoms with Crippen molar-refractivity contribution in [3.05, 3.63) is 29.6 Å². The third kappa shape index (κ3) is 4.16. The van der Waals surface area contributed by atoms with Gasteiger partial charge in [-0.3, -0.25) is 0 Å². The van der Waals surface area contributed by atoms with Crippen molar-refractivity contribution >= 4 is 0 Å². The highest BCUT2D eigenvalue weighted by Gasteiger charge is 2.04. The Hall–Kier alpha value is -1.13. The van der Waals surface area contributed by atoms with Gasteiger partial charge in [-0.25, -0.2) is 4.39 Å². The van der Waals surface area contributed by atoms with Gasteiger partial charge in [-0.05, 0) is 17.7 Å². The van der Waals surface area contributed by atoms with Crippen molar-refractivity contribution < 1.29 is 13.9 Å². The van der Waals surface area contributed by atoms with E-state index in [0.717, 1.165) is 5.56 Å². The lowest BCUT2D eigenvalue weighted by atomic mass is 10.2. The van der Waals surface area contributed by atoms with Crippen molar-refractivity contribution in [3.8, 4) is 5.75 Å². The van der Waals surface area contributed by atoms with Gasteiger partial charge in [0.2, 0.25) is 0 Å². The van der Waals surface area contributed by atoms with E-state index >= 15 is 0 Å². The predicted molar refractivity (Wildman–Crippen MR) is 60.9 cm³/mol. The summed E-state index contributed by atoms with van der Waals surface area (Å²) < 4.78 is 23.2. The molecule has 0 amide bonds. The molecule has 0 atom stereocenters. The first-order valence-corrected chi connectivity index (χ1v) is 5.27. The minimum Gasteiger partial charge on any atom is -0.464 e. The summed E-state index contributed by atoms with van der Waals surface area (Å²) in [6.45, 7) is 4.80. The topological polar surface area (TPSA) is 30.5 Å². The number of hydrogen-bond acceptors (Lipinski definition) is 3. The Bertz CT molecular complexity index is 329. The Morgan fingerprint density at radius 2 is 2.12 bits per heavy atom. The van der Waals surface area contributed by atoms with Crippen LogP contribution in [0, 0.1) is 5.82 Å². The minimum absolute atomic E-state index is 0.0561. The highest BCUT2D eigenvalue weighted by atomic mass is 19.1. The number of ether oxygens (including phenoxy) is 2. The van der Waals surface area contributed by atoms with Crippen molar-refractivity contribution in [1.82, 2.24) is 5.32 Å². The maximum atomic E-state index is 13.5. The number of halogens is 1. The summed E-state index contributed by atoms with van der Waals surface area (Å²) in [4.78, 5) is 0. The van der Waals surface area contributed by atoms with Crippen LogP contribution in [-0.4, -0.2) is 19.9 Å². The van der Waals surface area contributed by atoms with E-state index in [-0.39, 0.29) is 18.4 Å². The molecule has 90 valence electrons. The summed E-state index contributed by atoms with van der Waals surface area (Å²) in [6.07, 6.45) is 0. The Labute approximate surface area is 95.6 Å². The monoisotopic (exact) mass is 227 g/mol. The van der Waals surface area contributed by atoms with E-state index < -0.39 is 0 Å². The maximum Gasteiger partial charge on any atom is 0.188 e. The summed E-state index contributed by atoms with van der Waals surface area (Å²) >= 11 is 0. The molecule has 0 aliphatic rings. The number of nitrogens with one attached hydrogen (secondary N) is 1. The van der Waals surface area contributed by atoms with Gasteiger partial charge in [-0.1, -0.05) is 19.9 Å². The Morgan fingerprint density at radius 3 is 2.69 bits per heavy atom. The first-order valence-electron chi connectivity index (χ1n) is 5.27. The Morgan fingerprint density at radius 1 is 1.38 bits per heavy atom. The summed E-state index contributed by atoms with van der Waals surface area (Å²) in [6, 6.07) is 5.31. The van der Waals surface area contributed by atoms with Crippen molar-refractivity contribution in [2.45, 2.75) is 26.4 Å². The SMILES string of the molecule is COCOc1ccc(CNC(C)C)cc1F. The zero-order valence-electron chi connectivity index (χ0n) is 9.92. The van der Waals surface area contributed by atoms with Crippen molar-refractivity contribution in [3.63, 3.8) is 0 Å². The molecule has 3 nitrogen and oxygen atoms in total. The number of methoxy groups -OCH3 is 1. The van der Waals surface area contributed by atoms with E-state index in [1.54, 1.807) is 6.07 Å². The minimum atomic E-state index is -0.361. The first-order chi connectivity index (χ1) is 7.63. The third-order valence-electron chi connectivity index (χ3n) is 2.04. The molecule has 0 aliphatic carbocycles. The molecule has 0 radical (unpaired) electrons. The van der Waals surface area contributed by atoms with E-state index in [0.29, 0.717) is 12.6 Å². The molecule has 0 saturated carbocycles. The zero-order valence-corrected chi connectivity index (χ0v) is 9.92. The molecule has 0 bridgehead atoms. The highest BCUT2D eigenvalue weighted by Crippen LogP contribution is 2.18. The standard InChI is InChI=1S/C12H18FNO2/c1-9(2)14-7-10-4-5-12(11(13)6-10)16-8-15-3/h4-6,9,14H,7-8H2,1-3H3. The maximum absolute atomic E-state index is 13.5. The van der Waals surface area contributed by atoms with Crippen molar-refractivity contribution in [2.24, 2.45) is 0 Å². The summed E-state index contributed by atoms with van der Waals surface area (Å²) in [5.74, 6) is -0.143. The van der Waals surface area contributed by atoms with Gasteiger partial charge in [0, 0.05) is 19.7 Å². The van der Waals surface area contributed by atoms with Gasteiger partial charge in [-0.15, -0.1) is 0 Å².